The number of nitriles is 1. The van der Waals surface area contributed by atoms with Crippen molar-refractivity contribution in [3.05, 3.63) is 54.5 Å². The molecule has 0 unspecified atom stereocenters. The molecule has 31 heavy (non-hydrogen) atoms. The van der Waals surface area contributed by atoms with E-state index in [1.165, 1.54) is 6.20 Å². The third-order valence-electron chi connectivity index (χ3n) is 4.41. The standard InChI is InChI=1S/C22H21N7O2/c1-13-6-7-25-10-15(13)17-8-14-9-18(26-11-16(14)21(24)27-17)28-19(30)4-5-20(31)29-22(2,3)12-23/h4-11H,1-3H3,(H2,24,27)(H,29,31)(H,26,28,30)/b5-4+. The molecule has 0 saturated carbocycles. The molecule has 4 N–H and O–H groups in total. The highest BCUT2D eigenvalue weighted by Gasteiger charge is 2.17. The topological polar surface area (TPSA) is 147 Å². The number of hydrogen-bond acceptors (Lipinski definition) is 7. The van der Waals surface area contributed by atoms with Crippen LogP contribution in [0, 0.1) is 18.3 Å². The predicted molar refractivity (Wildman–Crippen MR) is 118 cm³/mol. The highest BCUT2D eigenvalue weighted by atomic mass is 16.2. The van der Waals surface area contributed by atoms with E-state index in [9.17, 15) is 9.59 Å². The van der Waals surface area contributed by atoms with Crippen molar-refractivity contribution in [3.63, 3.8) is 0 Å². The molecule has 0 aliphatic rings. The molecule has 0 fully saturated rings. The lowest BCUT2D eigenvalue weighted by molar-refractivity contribution is -0.118. The van der Waals surface area contributed by atoms with Crippen LogP contribution < -0.4 is 16.4 Å². The number of aryl methyl sites for hydroxylation is 1. The summed E-state index contributed by atoms with van der Waals surface area (Å²) in [6.07, 6.45) is 7.08. The lowest BCUT2D eigenvalue weighted by Gasteiger charge is -2.15. The summed E-state index contributed by atoms with van der Waals surface area (Å²) in [6, 6.07) is 7.35. The largest absolute Gasteiger partial charge is 0.383 e. The number of nitrogen functional groups attached to an aromatic ring is 1. The van der Waals surface area contributed by atoms with Crippen LogP contribution in [0.4, 0.5) is 11.6 Å². The van der Waals surface area contributed by atoms with Crippen LogP contribution in [0.5, 0.6) is 0 Å². The number of carbonyl (C=O) groups is 2. The summed E-state index contributed by atoms with van der Waals surface area (Å²) in [6.45, 7) is 5.07. The number of aromatic nitrogens is 3. The summed E-state index contributed by atoms with van der Waals surface area (Å²) < 4.78 is 0. The number of amides is 2. The molecule has 9 heteroatoms. The fourth-order valence-corrected chi connectivity index (χ4v) is 2.81. The maximum atomic E-state index is 12.2. The monoisotopic (exact) mass is 415 g/mol. The third kappa shape index (κ3) is 5.19. The summed E-state index contributed by atoms with van der Waals surface area (Å²) in [7, 11) is 0. The Morgan fingerprint density at radius 1 is 1.19 bits per heavy atom. The van der Waals surface area contributed by atoms with Crippen molar-refractivity contribution in [3.8, 4) is 17.3 Å². The van der Waals surface area contributed by atoms with Gasteiger partial charge in [0.15, 0.2) is 0 Å². The Labute approximate surface area is 179 Å². The number of nitrogens with one attached hydrogen (secondary N) is 2. The number of nitrogens with zero attached hydrogens (tertiary/aromatic N) is 4. The Morgan fingerprint density at radius 2 is 1.94 bits per heavy atom. The van der Waals surface area contributed by atoms with Gasteiger partial charge in [-0.2, -0.15) is 5.26 Å². The summed E-state index contributed by atoms with van der Waals surface area (Å²) in [4.78, 5) is 36.7. The first-order chi connectivity index (χ1) is 14.7. The van der Waals surface area contributed by atoms with Crippen molar-refractivity contribution in [2.45, 2.75) is 26.3 Å². The first kappa shape index (κ1) is 21.4. The molecule has 0 aliphatic heterocycles. The molecule has 3 rings (SSSR count). The van der Waals surface area contributed by atoms with E-state index in [4.69, 9.17) is 11.0 Å². The molecule has 9 nitrogen and oxygen atoms in total. The van der Waals surface area contributed by atoms with Gasteiger partial charge in [0.2, 0.25) is 11.8 Å². The van der Waals surface area contributed by atoms with Crippen molar-refractivity contribution in [1.29, 1.82) is 5.26 Å². The molecule has 3 heterocycles. The fourth-order valence-electron chi connectivity index (χ4n) is 2.81. The molecule has 0 saturated heterocycles. The second-order valence-electron chi connectivity index (χ2n) is 7.42. The van der Waals surface area contributed by atoms with Gasteiger partial charge in [0.25, 0.3) is 0 Å². The van der Waals surface area contributed by atoms with Gasteiger partial charge in [0.05, 0.1) is 11.8 Å². The quantitative estimate of drug-likeness (QED) is 0.542. The van der Waals surface area contributed by atoms with Gasteiger partial charge in [-0.05, 0) is 49.9 Å². The molecule has 0 aromatic carbocycles. The number of carbonyl (C=O) groups excluding carboxylic acids is 2. The Hall–Kier alpha value is -4.32. The molecule has 2 amide bonds. The predicted octanol–water partition coefficient (Wildman–Crippen LogP) is 2.50. The minimum absolute atomic E-state index is 0.291. The highest BCUT2D eigenvalue weighted by molar-refractivity contribution is 6.04. The van der Waals surface area contributed by atoms with Crippen molar-refractivity contribution in [1.82, 2.24) is 20.3 Å². The molecule has 0 spiro atoms. The first-order valence-electron chi connectivity index (χ1n) is 9.38. The molecular formula is C22H21N7O2. The zero-order valence-electron chi connectivity index (χ0n) is 17.3. The molecule has 0 aliphatic carbocycles. The smallest absolute Gasteiger partial charge is 0.249 e. The van der Waals surface area contributed by atoms with Gasteiger partial charge >= 0.3 is 0 Å². The number of anilines is 2. The summed E-state index contributed by atoms with van der Waals surface area (Å²) >= 11 is 0. The lowest BCUT2D eigenvalue weighted by atomic mass is 10.1. The van der Waals surface area contributed by atoms with E-state index in [1.54, 1.807) is 32.3 Å². The SMILES string of the molecule is Cc1ccncc1-c1cc2cc(NC(=O)/C=C/C(=O)NC(C)(C)C#N)ncc2c(N)n1. The number of hydrogen-bond donors (Lipinski definition) is 3. The lowest BCUT2D eigenvalue weighted by Crippen LogP contribution is -2.41. The Morgan fingerprint density at radius 3 is 2.65 bits per heavy atom. The second kappa shape index (κ2) is 8.59. The highest BCUT2D eigenvalue weighted by Crippen LogP contribution is 2.28. The van der Waals surface area contributed by atoms with Crippen molar-refractivity contribution < 1.29 is 9.59 Å². The van der Waals surface area contributed by atoms with E-state index < -0.39 is 17.4 Å². The van der Waals surface area contributed by atoms with E-state index in [1.807, 2.05) is 25.1 Å². The van der Waals surface area contributed by atoms with Gasteiger partial charge in [-0.15, -0.1) is 0 Å². The second-order valence-corrected chi connectivity index (χ2v) is 7.42. The van der Waals surface area contributed by atoms with Gasteiger partial charge in [-0.1, -0.05) is 0 Å². The van der Waals surface area contributed by atoms with Crippen LogP contribution in [0.15, 0.2) is 48.9 Å². The Kier molecular flexibility index (Phi) is 5.93. The van der Waals surface area contributed by atoms with Crippen molar-refractivity contribution in [2.75, 3.05) is 11.1 Å². The van der Waals surface area contributed by atoms with Gasteiger partial charge in [0.1, 0.15) is 17.2 Å². The molecule has 3 aromatic heterocycles. The zero-order chi connectivity index (χ0) is 22.6. The van der Waals surface area contributed by atoms with Crippen LogP contribution in [0.25, 0.3) is 22.0 Å². The number of rotatable bonds is 5. The van der Waals surface area contributed by atoms with E-state index in [0.717, 1.165) is 28.7 Å². The summed E-state index contributed by atoms with van der Waals surface area (Å²) in [5.41, 5.74) is 7.59. The number of pyridine rings is 3. The van der Waals surface area contributed by atoms with E-state index in [0.29, 0.717) is 22.7 Å². The Balaban J connectivity index is 1.81. The summed E-state index contributed by atoms with van der Waals surface area (Å²) in [5.74, 6) is -0.484. The van der Waals surface area contributed by atoms with Gasteiger partial charge in [0, 0.05) is 41.7 Å². The van der Waals surface area contributed by atoms with Crippen LogP contribution in [0.1, 0.15) is 19.4 Å². The van der Waals surface area contributed by atoms with Crippen LogP contribution in [-0.4, -0.2) is 32.3 Å². The maximum Gasteiger partial charge on any atom is 0.249 e. The molecule has 0 bridgehead atoms. The average molecular weight is 415 g/mol. The average Bonchev–Trinajstić information content (AvgIpc) is 2.72. The Bertz CT molecular complexity index is 1240. The fraction of sp³-hybridized carbons (Fsp3) is 0.182. The van der Waals surface area contributed by atoms with E-state index in [2.05, 4.69) is 25.6 Å². The maximum absolute atomic E-state index is 12.2. The minimum Gasteiger partial charge on any atom is -0.383 e. The van der Waals surface area contributed by atoms with Crippen molar-refractivity contribution >= 4 is 34.2 Å². The van der Waals surface area contributed by atoms with Gasteiger partial charge in [-0.25, -0.2) is 9.97 Å². The molecular weight excluding hydrogens is 394 g/mol. The van der Waals surface area contributed by atoms with Crippen LogP contribution in [0.3, 0.4) is 0 Å². The van der Waals surface area contributed by atoms with Gasteiger partial charge < -0.3 is 16.4 Å². The number of nitrogens with two attached hydrogens (primary N) is 1. The third-order valence-corrected chi connectivity index (χ3v) is 4.41. The van der Waals surface area contributed by atoms with Gasteiger partial charge in [-0.3, -0.25) is 14.6 Å². The first-order valence-corrected chi connectivity index (χ1v) is 9.38. The zero-order valence-corrected chi connectivity index (χ0v) is 17.3. The number of fused-ring (bicyclic) bond motifs is 1. The molecule has 0 atom stereocenters. The van der Waals surface area contributed by atoms with Crippen LogP contribution >= 0.6 is 0 Å². The van der Waals surface area contributed by atoms with Crippen LogP contribution in [-0.2, 0) is 9.59 Å². The van der Waals surface area contributed by atoms with Crippen LogP contribution in [0.2, 0.25) is 0 Å². The molecule has 0 radical (unpaired) electrons. The minimum atomic E-state index is -1.03. The molecule has 156 valence electrons. The van der Waals surface area contributed by atoms with Crippen molar-refractivity contribution in [2.24, 2.45) is 0 Å². The molecule has 3 aromatic rings. The normalized spacial score (nSPS) is 11.3. The van der Waals surface area contributed by atoms with E-state index in [-0.39, 0.29) is 0 Å². The summed E-state index contributed by atoms with van der Waals surface area (Å²) in [5, 5.41) is 15.4. The van der Waals surface area contributed by atoms with E-state index >= 15 is 0 Å².